The Kier molecular flexibility index (Phi) is 7.03. The van der Waals surface area contributed by atoms with Crippen LogP contribution in [0.3, 0.4) is 0 Å². The van der Waals surface area contributed by atoms with E-state index in [1.807, 2.05) is 56.3 Å². The summed E-state index contributed by atoms with van der Waals surface area (Å²) in [5.74, 6) is -1.99. The quantitative estimate of drug-likeness (QED) is 0.504. The largest absolute Gasteiger partial charge is 0.350 e. The second-order valence-corrected chi connectivity index (χ2v) is 8.33. The van der Waals surface area contributed by atoms with Crippen molar-refractivity contribution in [2.45, 2.75) is 45.7 Å². The van der Waals surface area contributed by atoms with Gasteiger partial charge in [-0.3, -0.25) is 24.1 Å². The molecular weight excluding hydrogens is 382 g/mol. The molecule has 1 heterocycles. The Hall–Kier alpha value is -2.96. The molecule has 0 bridgehead atoms. The summed E-state index contributed by atoms with van der Waals surface area (Å²) < 4.78 is 0. The molecule has 7 heteroatoms. The molecular formula is C23H29N3O4. The predicted molar refractivity (Wildman–Crippen MR) is 112 cm³/mol. The van der Waals surface area contributed by atoms with E-state index in [0.29, 0.717) is 25.8 Å². The van der Waals surface area contributed by atoms with E-state index in [1.54, 1.807) is 0 Å². The topological polar surface area (TPSA) is 95.6 Å². The van der Waals surface area contributed by atoms with Crippen molar-refractivity contribution in [3.8, 4) is 0 Å². The number of likely N-dealkylation sites (tertiary alicyclic amines) is 1. The molecule has 4 amide bonds. The number of hydrogen-bond donors (Lipinski definition) is 2. The zero-order chi connectivity index (χ0) is 21.7. The molecule has 3 unspecified atom stereocenters. The average molecular weight is 412 g/mol. The van der Waals surface area contributed by atoms with Crippen LogP contribution >= 0.6 is 0 Å². The van der Waals surface area contributed by atoms with Crippen molar-refractivity contribution in [2.24, 2.45) is 17.8 Å². The summed E-state index contributed by atoms with van der Waals surface area (Å²) >= 11 is 0. The van der Waals surface area contributed by atoms with Crippen LogP contribution in [0.4, 0.5) is 0 Å². The molecule has 0 radical (unpaired) electrons. The highest BCUT2D eigenvalue weighted by Gasteiger charge is 2.51. The summed E-state index contributed by atoms with van der Waals surface area (Å²) in [7, 11) is 0. The minimum absolute atomic E-state index is 0.106. The van der Waals surface area contributed by atoms with Crippen LogP contribution in [0.15, 0.2) is 42.5 Å². The van der Waals surface area contributed by atoms with E-state index in [-0.39, 0.29) is 42.0 Å². The molecule has 1 saturated heterocycles. The number of carbonyl (C=O) groups excluding carboxylic acids is 4. The predicted octanol–water partition coefficient (Wildman–Crippen LogP) is 1.78. The lowest BCUT2D eigenvalue weighted by Gasteiger charge is -2.27. The molecule has 3 rings (SSSR count). The molecule has 1 aromatic rings. The Morgan fingerprint density at radius 3 is 2.17 bits per heavy atom. The lowest BCUT2D eigenvalue weighted by Crippen LogP contribution is -2.52. The number of benzene rings is 1. The van der Waals surface area contributed by atoms with Crippen LogP contribution in [0, 0.1) is 17.8 Å². The summed E-state index contributed by atoms with van der Waals surface area (Å²) in [5, 5.41) is 5.36. The van der Waals surface area contributed by atoms with E-state index in [2.05, 4.69) is 10.6 Å². The average Bonchev–Trinajstić information content (AvgIpc) is 3.00. The summed E-state index contributed by atoms with van der Waals surface area (Å²) in [5.41, 5.74) is 0.958. The number of nitrogens with zero attached hydrogens (tertiary/aromatic N) is 1. The minimum Gasteiger partial charge on any atom is -0.350 e. The molecule has 1 aliphatic heterocycles. The molecule has 1 fully saturated rings. The van der Waals surface area contributed by atoms with E-state index in [1.165, 1.54) is 0 Å². The van der Waals surface area contributed by atoms with Gasteiger partial charge in [-0.1, -0.05) is 56.3 Å². The number of allylic oxidation sites excluding steroid dienone is 2. The van der Waals surface area contributed by atoms with Crippen molar-refractivity contribution in [1.29, 1.82) is 0 Å². The summed E-state index contributed by atoms with van der Waals surface area (Å²) in [6.45, 7) is 4.04. The fraction of sp³-hybridized carbons (Fsp3) is 0.478. The molecule has 2 N–H and O–H groups in total. The highest BCUT2D eigenvalue weighted by Crippen LogP contribution is 2.37. The van der Waals surface area contributed by atoms with Crippen LogP contribution in [-0.4, -0.2) is 41.1 Å². The van der Waals surface area contributed by atoms with Gasteiger partial charge < -0.3 is 10.6 Å². The standard InChI is InChI=1S/C23H29N3O4/c1-15(2)12-19(26-22(29)17-10-6-7-11-18(17)23(26)30)21(28)25-14-20(27)24-13-16-8-4-3-5-9-16/h3-9,15,17-19H,10-14H2,1-2H3,(H,24,27)(H,25,28). The molecule has 1 aromatic carbocycles. The van der Waals surface area contributed by atoms with Gasteiger partial charge in [0.15, 0.2) is 0 Å². The molecule has 3 atom stereocenters. The summed E-state index contributed by atoms with van der Waals surface area (Å²) in [6.07, 6.45) is 5.27. The minimum atomic E-state index is -0.891. The van der Waals surface area contributed by atoms with Crippen LogP contribution in [0.5, 0.6) is 0 Å². The maximum absolute atomic E-state index is 12.9. The molecule has 1 aliphatic carbocycles. The van der Waals surface area contributed by atoms with Gasteiger partial charge in [0.05, 0.1) is 18.4 Å². The van der Waals surface area contributed by atoms with Gasteiger partial charge in [0.2, 0.25) is 23.6 Å². The van der Waals surface area contributed by atoms with E-state index < -0.39 is 11.9 Å². The fourth-order valence-corrected chi connectivity index (χ4v) is 4.05. The number of fused-ring (bicyclic) bond motifs is 1. The first-order chi connectivity index (χ1) is 14.4. The highest BCUT2D eigenvalue weighted by molar-refractivity contribution is 6.08. The Morgan fingerprint density at radius 2 is 1.60 bits per heavy atom. The Morgan fingerprint density at radius 1 is 1.00 bits per heavy atom. The van der Waals surface area contributed by atoms with Crippen molar-refractivity contribution >= 4 is 23.6 Å². The van der Waals surface area contributed by atoms with E-state index >= 15 is 0 Å². The Labute approximate surface area is 176 Å². The van der Waals surface area contributed by atoms with Crippen LogP contribution in [-0.2, 0) is 25.7 Å². The molecule has 0 spiro atoms. The molecule has 0 aromatic heterocycles. The zero-order valence-corrected chi connectivity index (χ0v) is 17.5. The van der Waals surface area contributed by atoms with Crippen molar-refractivity contribution in [2.75, 3.05) is 6.54 Å². The van der Waals surface area contributed by atoms with Crippen molar-refractivity contribution in [1.82, 2.24) is 15.5 Å². The lowest BCUT2D eigenvalue weighted by atomic mass is 9.85. The van der Waals surface area contributed by atoms with Gasteiger partial charge >= 0.3 is 0 Å². The number of amides is 4. The first-order valence-corrected chi connectivity index (χ1v) is 10.5. The van der Waals surface area contributed by atoms with Crippen LogP contribution < -0.4 is 10.6 Å². The van der Waals surface area contributed by atoms with Gasteiger partial charge in [0.25, 0.3) is 0 Å². The monoisotopic (exact) mass is 411 g/mol. The molecule has 2 aliphatic rings. The maximum Gasteiger partial charge on any atom is 0.243 e. The molecule has 7 nitrogen and oxygen atoms in total. The van der Waals surface area contributed by atoms with Gasteiger partial charge in [-0.25, -0.2) is 0 Å². The maximum atomic E-state index is 12.9. The summed E-state index contributed by atoms with van der Waals surface area (Å²) in [6, 6.07) is 8.58. The van der Waals surface area contributed by atoms with Crippen molar-refractivity contribution in [3.05, 3.63) is 48.0 Å². The number of nitrogens with one attached hydrogen (secondary N) is 2. The third kappa shape index (κ3) is 4.96. The number of hydrogen-bond acceptors (Lipinski definition) is 4. The Bertz CT molecular complexity index is 808. The second kappa shape index (κ2) is 9.69. The van der Waals surface area contributed by atoms with Crippen LogP contribution in [0.1, 0.15) is 38.7 Å². The summed E-state index contributed by atoms with van der Waals surface area (Å²) in [4.78, 5) is 52.0. The lowest BCUT2D eigenvalue weighted by molar-refractivity contribution is -0.148. The van der Waals surface area contributed by atoms with Crippen LogP contribution in [0.2, 0.25) is 0 Å². The Balaban J connectivity index is 1.61. The van der Waals surface area contributed by atoms with Crippen LogP contribution in [0.25, 0.3) is 0 Å². The second-order valence-electron chi connectivity index (χ2n) is 8.33. The first kappa shape index (κ1) is 21.7. The van der Waals surface area contributed by atoms with Gasteiger partial charge in [0.1, 0.15) is 6.04 Å². The van der Waals surface area contributed by atoms with E-state index in [9.17, 15) is 19.2 Å². The first-order valence-electron chi connectivity index (χ1n) is 10.5. The van der Waals surface area contributed by atoms with Gasteiger partial charge in [-0.2, -0.15) is 0 Å². The SMILES string of the molecule is CC(C)CC(C(=O)NCC(=O)NCc1ccccc1)N1C(=O)C2CC=CCC2C1=O. The zero-order valence-electron chi connectivity index (χ0n) is 17.5. The number of imide groups is 1. The number of carbonyl (C=O) groups is 4. The van der Waals surface area contributed by atoms with Crippen molar-refractivity contribution in [3.63, 3.8) is 0 Å². The van der Waals surface area contributed by atoms with E-state index in [4.69, 9.17) is 0 Å². The van der Waals surface area contributed by atoms with Gasteiger partial charge in [-0.05, 0) is 30.7 Å². The van der Waals surface area contributed by atoms with Crippen molar-refractivity contribution < 1.29 is 19.2 Å². The van der Waals surface area contributed by atoms with E-state index in [0.717, 1.165) is 10.5 Å². The molecule has 160 valence electrons. The number of rotatable bonds is 8. The fourth-order valence-electron chi connectivity index (χ4n) is 4.05. The van der Waals surface area contributed by atoms with Gasteiger partial charge in [-0.15, -0.1) is 0 Å². The third-order valence-corrected chi connectivity index (χ3v) is 5.61. The molecule has 30 heavy (non-hydrogen) atoms. The molecule has 0 saturated carbocycles. The highest BCUT2D eigenvalue weighted by atomic mass is 16.2. The third-order valence-electron chi connectivity index (χ3n) is 5.61. The van der Waals surface area contributed by atoms with Gasteiger partial charge in [0, 0.05) is 6.54 Å². The smallest absolute Gasteiger partial charge is 0.243 e. The normalized spacial score (nSPS) is 21.5.